The molecule has 1 aromatic heterocycles. The molecule has 0 atom stereocenters. The van der Waals surface area contributed by atoms with Crippen LogP contribution in [0.15, 0.2) is 12.4 Å². The zero-order chi connectivity index (χ0) is 11.3. The third-order valence-corrected chi connectivity index (χ3v) is 3.28. The summed E-state index contributed by atoms with van der Waals surface area (Å²) in [6, 6.07) is 0. The van der Waals surface area contributed by atoms with Crippen molar-refractivity contribution in [3.8, 4) is 0 Å². The molecule has 0 aliphatic carbocycles. The van der Waals surface area contributed by atoms with E-state index in [1.165, 1.54) is 0 Å². The first-order chi connectivity index (χ1) is 7.17. The fourth-order valence-corrected chi connectivity index (χ4v) is 1.58. The molecule has 0 saturated carbocycles. The Kier molecular flexibility index (Phi) is 4.15. The molecular weight excluding hydrogens is 190 g/mol. The topological polar surface area (TPSA) is 50.1 Å². The van der Waals surface area contributed by atoms with E-state index in [9.17, 15) is 5.11 Å². The highest BCUT2D eigenvalue weighted by molar-refractivity contribution is 5.25. The van der Waals surface area contributed by atoms with Crippen LogP contribution in [0.3, 0.4) is 0 Å². The van der Waals surface area contributed by atoms with E-state index in [-0.39, 0.29) is 12.0 Å². The second-order valence-corrected chi connectivity index (χ2v) is 4.08. The second kappa shape index (κ2) is 5.16. The van der Waals surface area contributed by atoms with Crippen LogP contribution in [0.25, 0.3) is 0 Å². The van der Waals surface area contributed by atoms with Gasteiger partial charge in [0.05, 0.1) is 6.61 Å². The number of hydrogen-bond donors (Lipinski definition) is 2. The molecule has 4 nitrogen and oxygen atoms in total. The molecule has 0 saturated heterocycles. The monoisotopic (exact) mass is 211 g/mol. The van der Waals surface area contributed by atoms with Crippen molar-refractivity contribution in [2.75, 3.05) is 18.5 Å². The van der Waals surface area contributed by atoms with E-state index >= 15 is 0 Å². The van der Waals surface area contributed by atoms with Gasteiger partial charge in [-0.1, -0.05) is 13.8 Å². The third kappa shape index (κ3) is 2.72. The predicted octanol–water partition coefficient (Wildman–Crippen LogP) is 1.63. The fourth-order valence-electron chi connectivity index (χ4n) is 1.58. The number of aryl methyl sites for hydroxylation is 1. The van der Waals surface area contributed by atoms with Gasteiger partial charge in [0.25, 0.3) is 0 Å². The highest BCUT2D eigenvalue weighted by atomic mass is 16.3. The zero-order valence-electron chi connectivity index (χ0n) is 9.82. The average Bonchev–Trinajstić information content (AvgIpc) is 2.67. The Balaban J connectivity index is 2.58. The number of rotatable bonds is 6. The molecular formula is C11H21N3O. The van der Waals surface area contributed by atoms with Crippen molar-refractivity contribution in [1.29, 1.82) is 0 Å². The number of hydrogen-bond acceptors (Lipinski definition) is 3. The summed E-state index contributed by atoms with van der Waals surface area (Å²) >= 11 is 0. The first kappa shape index (κ1) is 12.0. The van der Waals surface area contributed by atoms with Crippen LogP contribution >= 0.6 is 0 Å². The van der Waals surface area contributed by atoms with Gasteiger partial charge < -0.3 is 15.0 Å². The molecule has 0 spiro atoms. The molecule has 86 valence electrons. The van der Waals surface area contributed by atoms with Gasteiger partial charge in [-0.3, -0.25) is 0 Å². The quantitative estimate of drug-likeness (QED) is 0.752. The Hall–Kier alpha value is -1.03. The first-order valence-electron chi connectivity index (χ1n) is 5.49. The summed E-state index contributed by atoms with van der Waals surface area (Å²) in [5.74, 6) is 0.856. The van der Waals surface area contributed by atoms with E-state index in [1.807, 2.05) is 17.8 Å². The molecule has 15 heavy (non-hydrogen) atoms. The maximum absolute atomic E-state index is 9.41. The Morgan fingerprint density at radius 3 is 2.53 bits per heavy atom. The summed E-state index contributed by atoms with van der Waals surface area (Å²) < 4.78 is 1.94. The maximum Gasteiger partial charge on any atom is 0.202 e. The minimum atomic E-state index is -0.0219. The SMILES string of the molecule is CCC(CC)(CO)CNc1nccn1C. The number of anilines is 1. The number of aliphatic hydroxyl groups is 1. The molecule has 0 bridgehead atoms. The number of aliphatic hydroxyl groups excluding tert-OH is 1. The highest BCUT2D eigenvalue weighted by Crippen LogP contribution is 2.25. The van der Waals surface area contributed by atoms with Crippen LogP contribution < -0.4 is 5.32 Å². The summed E-state index contributed by atoms with van der Waals surface area (Å²) in [7, 11) is 1.95. The van der Waals surface area contributed by atoms with Crippen LogP contribution in [-0.4, -0.2) is 27.8 Å². The van der Waals surface area contributed by atoms with Gasteiger partial charge >= 0.3 is 0 Å². The molecule has 1 rings (SSSR count). The first-order valence-corrected chi connectivity index (χ1v) is 5.49. The average molecular weight is 211 g/mol. The molecule has 0 aliphatic heterocycles. The summed E-state index contributed by atoms with van der Waals surface area (Å²) in [6.45, 7) is 5.21. The summed E-state index contributed by atoms with van der Waals surface area (Å²) in [5, 5.41) is 12.7. The number of nitrogens with one attached hydrogen (secondary N) is 1. The standard InChI is InChI=1S/C11H21N3O/c1-4-11(5-2,9-15)8-13-10-12-6-7-14(10)3/h6-7,15H,4-5,8-9H2,1-3H3,(H,12,13). The fraction of sp³-hybridized carbons (Fsp3) is 0.727. The van der Waals surface area contributed by atoms with Crippen LogP contribution in [0, 0.1) is 5.41 Å². The smallest absolute Gasteiger partial charge is 0.202 e. The van der Waals surface area contributed by atoms with Crippen molar-refractivity contribution in [3.05, 3.63) is 12.4 Å². The molecule has 0 fully saturated rings. The normalized spacial score (nSPS) is 11.7. The number of imidazole rings is 1. The lowest BCUT2D eigenvalue weighted by Gasteiger charge is -2.29. The Bertz CT molecular complexity index is 284. The minimum Gasteiger partial charge on any atom is -0.396 e. The van der Waals surface area contributed by atoms with Gasteiger partial charge in [0.2, 0.25) is 5.95 Å². The molecule has 0 aliphatic rings. The van der Waals surface area contributed by atoms with Crippen molar-refractivity contribution in [2.45, 2.75) is 26.7 Å². The van der Waals surface area contributed by atoms with E-state index in [1.54, 1.807) is 6.20 Å². The molecule has 1 heterocycles. The summed E-state index contributed by atoms with van der Waals surface area (Å²) in [5.41, 5.74) is -0.0219. The van der Waals surface area contributed by atoms with Crippen molar-refractivity contribution < 1.29 is 5.11 Å². The van der Waals surface area contributed by atoms with E-state index in [4.69, 9.17) is 0 Å². The van der Waals surface area contributed by atoms with Crippen molar-refractivity contribution in [1.82, 2.24) is 9.55 Å². The van der Waals surface area contributed by atoms with Gasteiger partial charge in [-0.2, -0.15) is 0 Å². The largest absolute Gasteiger partial charge is 0.396 e. The molecule has 0 amide bonds. The van der Waals surface area contributed by atoms with Gasteiger partial charge in [0, 0.05) is 31.4 Å². The summed E-state index contributed by atoms with van der Waals surface area (Å²) in [6.07, 6.45) is 5.61. The Morgan fingerprint density at radius 1 is 1.47 bits per heavy atom. The third-order valence-electron chi connectivity index (χ3n) is 3.28. The van der Waals surface area contributed by atoms with Crippen LogP contribution in [0.4, 0.5) is 5.95 Å². The minimum absolute atomic E-state index is 0.0219. The van der Waals surface area contributed by atoms with Crippen molar-refractivity contribution in [3.63, 3.8) is 0 Å². The molecule has 1 aromatic rings. The molecule has 0 unspecified atom stereocenters. The van der Waals surface area contributed by atoms with Gasteiger partial charge in [-0.05, 0) is 12.8 Å². The van der Waals surface area contributed by atoms with Gasteiger partial charge in [0.1, 0.15) is 0 Å². The van der Waals surface area contributed by atoms with Crippen LogP contribution in [-0.2, 0) is 7.05 Å². The number of aromatic nitrogens is 2. The van der Waals surface area contributed by atoms with Crippen molar-refractivity contribution in [2.24, 2.45) is 12.5 Å². The summed E-state index contributed by atoms with van der Waals surface area (Å²) in [4.78, 5) is 4.19. The zero-order valence-corrected chi connectivity index (χ0v) is 9.82. The second-order valence-electron chi connectivity index (χ2n) is 4.08. The van der Waals surface area contributed by atoms with E-state index < -0.39 is 0 Å². The maximum atomic E-state index is 9.41. The predicted molar refractivity (Wildman–Crippen MR) is 61.8 cm³/mol. The highest BCUT2D eigenvalue weighted by Gasteiger charge is 2.25. The Labute approximate surface area is 91.3 Å². The lowest BCUT2D eigenvalue weighted by molar-refractivity contribution is 0.127. The van der Waals surface area contributed by atoms with Crippen LogP contribution in [0.5, 0.6) is 0 Å². The lowest BCUT2D eigenvalue weighted by atomic mass is 9.83. The van der Waals surface area contributed by atoms with Gasteiger partial charge in [-0.25, -0.2) is 4.98 Å². The van der Waals surface area contributed by atoms with Crippen molar-refractivity contribution >= 4 is 5.95 Å². The molecule has 2 N–H and O–H groups in total. The number of nitrogens with zero attached hydrogens (tertiary/aromatic N) is 2. The molecule has 0 radical (unpaired) electrons. The van der Waals surface area contributed by atoms with Gasteiger partial charge in [-0.15, -0.1) is 0 Å². The van der Waals surface area contributed by atoms with Gasteiger partial charge in [0.15, 0.2) is 0 Å². The van der Waals surface area contributed by atoms with E-state index in [2.05, 4.69) is 24.1 Å². The molecule has 4 heteroatoms. The molecule has 0 aromatic carbocycles. The van der Waals surface area contributed by atoms with E-state index in [0.29, 0.717) is 0 Å². The van der Waals surface area contributed by atoms with E-state index in [0.717, 1.165) is 25.3 Å². The van der Waals surface area contributed by atoms with Crippen LogP contribution in [0.1, 0.15) is 26.7 Å². The lowest BCUT2D eigenvalue weighted by Crippen LogP contribution is -2.32. The van der Waals surface area contributed by atoms with Crippen LogP contribution in [0.2, 0.25) is 0 Å². The Morgan fingerprint density at radius 2 is 2.13 bits per heavy atom.